The van der Waals surface area contributed by atoms with Gasteiger partial charge < -0.3 is 0 Å². The predicted molar refractivity (Wildman–Crippen MR) is 105 cm³/mol. The minimum atomic E-state index is -0.501. The summed E-state index contributed by atoms with van der Waals surface area (Å²) in [7, 11) is 0. The van der Waals surface area contributed by atoms with Gasteiger partial charge in [0, 0.05) is 21.6 Å². The number of hydrogen-bond donors (Lipinski definition) is 1. The third-order valence-corrected chi connectivity index (χ3v) is 5.24. The van der Waals surface area contributed by atoms with Crippen LogP contribution in [-0.4, -0.2) is 21.8 Å². The van der Waals surface area contributed by atoms with E-state index in [0.717, 1.165) is 16.1 Å². The summed E-state index contributed by atoms with van der Waals surface area (Å²) in [6, 6.07) is 15.0. The second-order valence-electron chi connectivity index (χ2n) is 5.69. The number of hydrazone groups is 1. The Morgan fingerprint density at radius 3 is 2.81 bits per heavy atom. The van der Waals surface area contributed by atoms with Crippen molar-refractivity contribution >= 4 is 40.1 Å². The second kappa shape index (κ2) is 6.97. The number of para-hydroxylation sites is 1. The summed E-state index contributed by atoms with van der Waals surface area (Å²) in [5, 5.41) is 11.7. The van der Waals surface area contributed by atoms with E-state index in [1.54, 1.807) is 11.1 Å². The van der Waals surface area contributed by atoms with E-state index in [1.165, 1.54) is 11.8 Å². The minimum absolute atomic E-state index is 0.203. The number of halogens is 1. The van der Waals surface area contributed by atoms with E-state index < -0.39 is 6.17 Å². The van der Waals surface area contributed by atoms with Crippen molar-refractivity contribution in [3.8, 4) is 0 Å². The van der Waals surface area contributed by atoms with Crippen LogP contribution in [0, 0.1) is 0 Å². The van der Waals surface area contributed by atoms with E-state index in [4.69, 9.17) is 16.6 Å². The molecule has 0 saturated carbocycles. The Morgan fingerprint density at radius 2 is 2.00 bits per heavy atom. The fraction of sp³-hybridized carbons (Fsp3) is 0.105. The maximum absolute atomic E-state index is 12.8. The molecule has 2 aromatic rings. The number of nitrogens with zero attached hydrogens (tertiary/aromatic N) is 3. The largest absolute Gasteiger partial charge is 0.298 e. The van der Waals surface area contributed by atoms with Crippen molar-refractivity contribution in [2.45, 2.75) is 6.17 Å². The molecule has 2 aliphatic heterocycles. The summed E-state index contributed by atoms with van der Waals surface area (Å²) in [5.41, 5.74) is 1.27. The normalized spacial score (nSPS) is 18.3. The van der Waals surface area contributed by atoms with Crippen LogP contribution < -0.4 is 15.9 Å². The van der Waals surface area contributed by atoms with Crippen LogP contribution in [0.4, 0.5) is 0 Å². The van der Waals surface area contributed by atoms with Crippen LogP contribution in [0.3, 0.4) is 0 Å². The number of carbonyl (C=O) groups is 1. The van der Waals surface area contributed by atoms with Crippen LogP contribution >= 0.6 is 23.4 Å². The Kier molecular flexibility index (Phi) is 4.53. The monoisotopic (exact) mass is 382 g/mol. The highest BCUT2D eigenvalue weighted by Crippen LogP contribution is 2.34. The van der Waals surface area contributed by atoms with Gasteiger partial charge in [-0.25, -0.2) is 5.01 Å². The van der Waals surface area contributed by atoms with Gasteiger partial charge in [0.1, 0.15) is 5.70 Å². The summed E-state index contributed by atoms with van der Waals surface area (Å²) in [4.78, 5) is 17.7. The van der Waals surface area contributed by atoms with E-state index in [-0.39, 0.29) is 5.91 Å². The highest BCUT2D eigenvalue weighted by atomic mass is 35.5. The summed E-state index contributed by atoms with van der Waals surface area (Å²) in [5.74, 6) is 0.443. The molecule has 1 N–H and O–H groups in total. The third-order valence-electron chi connectivity index (χ3n) is 4.04. The molecule has 1 atom stereocenters. The molecule has 26 heavy (non-hydrogen) atoms. The molecule has 0 aromatic heterocycles. The van der Waals surface area contributed by atoms with Crippen molar-refractivity contribution < 1.29 is 4.79 Å². The van der Waals surface area contributed by atoms with Crippen molar-refractivity contribution in [3.63, 3.8) is 0 Å². The molecule has 2 aromatic carbocycles. The van der Waals surface area contributed by atoms with Crippen molar-refractivity contribution in [2.75, 3.05) is 5.75 Å². The lowest BCUT2D eigenvalue weighted by atomic mass is 10.1. The predicted octanol–water partition coefficient (Wildman–Crippen LogP) is 2.40. The Bertz CT molecular complexity index is 1050. The highest BCUT2D eigenvalue weighted by Gasteiger charge is 2.34. The van der Waals surface area contributed by atoms with Crippen LogP contribution in [0.2, 0.25) is 5.02 Å². The zero-order valence-electron chi connectivity index (χ0n) is 13.7. The van der Waals surface area contributed by atoms with Gasteiger partial charge in [0.05, 0.1) is 5.36 Å². The third kappa shape index (κ3) is 2.91. The van der Waals surface area contributed by atoms with Gasteiger partial charge in [0.15, 0.2) is 11.3 Å². The zero-order chi connectivity index (χ0) is 18.1. The number of thioether (sulfide) groups is 1. The Balaban J connectivity index is 1.93. The lowest BCUT2D eigenvalue weighted by Gasteiger charge is -2.34. The number of benzene rings is 2. The minimum Gasteiger partial charge on any atom is -0.298 e. The molecule has 5 nitrogen and oxygen atoms in total. The van der Waals surface area contributed by atoms with Crippen LogP contribution in [-0.2, 0) is 4.79 Å². The van der Waals surface area contributed by atoms with Gasteiger partial charge in [-0.1, -0.05) is 65.8 Å². The summed E-state index contributed by atoms with van der Waals surface area (Å²) in [6.45, 7) is 3.71. The van der Waals surface area contributed by atoms with Crippen LogP contribution in [0.1, 0.15) is 11.7 Å². The van der Waals surface area contributed by atoms with Crippen molar-refractivity contribution in [2.24, 2.45) is 10.1 Å². The molecule has 0 fully saturated rings. The van der Waals surface area contributed by atoms with Crippen LogP contribution in [0.25, 0.3) is 5.70 Å². The fourth-order valence-electron chi connectivity index (χ4n) is 2.92. The molecule has 4 rings (SSSR count). The summed E-state index contributed by atoms with van der Waals surface area (Å²) >= 11 is 7.82. The Hall–Kier alpha value is -2.57. The molecule has 0 saturated heterocycles. The molecule has 1 unspecified atom stereocenters. The summed E-state index contributed by atoms with van der Waals surface area (Å²) in [6.07, 6.45) is 1.26. The van der Waals surface area contributed by atoms with Crippen molar-refractivity contribution in [3.05, 3.63) is 82.3 Å². The van der Waals surface area contributed by atoms with Gasteiger partial charge in [-0.2, -0.15) is 0 Å². The number of fused-ring (bicyclic) bond motifs is 2. The molecule has 2 heterocycles. The van der Waals surface area contributed by atoms with Crippen molar-refractivity contribution in [1.29, 1.82) is 0 Å². The van der Waals surface area contributed by atoms with E-state index in [1.807, 2.05) is 48.5 Å². The standard InChI is InChI=1S/C19H15ClN4OS/c1-2-11-26-19-22-18(25)16-13-8-4-6-10-15(13)21-17(24(16)23-19)12-7-3-5-9-14(12)20/h2-10,17H,1,11H2,(H,22,23,25). The van der Waals surface area contributed by atoms with Gasteiger partial charge in [-0.15, -0.1) is 11.7 Å². The number of amidine groups is 1. The SMILES string of the molecule is C=CCSC1=NN2C(=c3ccccc3=NC2c2ccccc2Cl)C(=O)N1. The van der Waals surface area contributed by atoms with Crippen LogP contribution in [0.15, 0.2) is 71.3 Å². The van der Waals surface area contributed by atoms with E-state index in [0.29, 0.717) is 21.6 Å². The quantitative estimate of drug-likeness (QED) is 0.829. The van der Waals surface area contributed by atoms with Gasteiger partial charge in [-0.05, 0) is 12.1 Å². The summed E-state index contributed by atoms with van der Waals surface area (Å²) < 4.78 is 0. The first-order valence-electron chi connectivity index (χ1n) is 8.03. The smallest absolute Gasteiger partial charge is 0.276 e. The first-order valence-corrected chi connectivity index (χ1v) is 9.40. The van der Waals surface area contributed by atoms with E-state index >= 15 is 0 Å². The number of nitrogens with one attached hydrogen (secondary N) is 1. The Morgan fingerprint density at radius 1 is 1.23 bits per heavy atom. The van der Waals surface area contributed by atoms with Gasteiger partial charge in [0.25, 0.3) is 5.91 Å². The molecule has 2 aliphatic rings. The molecule has 0 spiro atoms. The fourth-order valence-corrected chi connectivity index (χ4v) is 3.74. The number of carbonyl (C=O) groups excluding carboxylic acids is 1. The number of rotatable bonds is 3. The molecule has 1 amide bonds. The zero-order valence-corrected chi connectivity index (χ0v) is 15.3. The molecule has 0 aliphatic carbocycles. The second-order valence-corrected chi connectivity index (χ2v) is 7.11. The van der Waals surface area contributed by atoms with E-state index in [9.17, 15) is 4.79 Å². The van der Waals surface area contributed by atoms with Gasteiger partial charge in [-0.3, -0.25) is 15.1 Å². The molecule has 0 radical (unpaired) electrons. The van der Waals surface area contributed by atoms with Crippen LogP contribution in [0.5, 0.6) is 0 Å². The van der Waals surface area contributed by atoms with Gasteiger partial charge in [0.2, 0.25) is 0 Å². The maximum Gasteiger partial charge on any atom is 0.276 e. The van der Waals surface area contributed by atoms with E-state index in [2.05, 4.69) is 17.0 Å². The first kappa shape index (κ1) is 16.9. The topological polar surface area (TPSA) is 57.1 Å². The molecule has 130 valence electrons. The first-order chi connectivity index (χ1) is 12.7. The molecular weight excluding hydrogens is 368 g/mol. The maximum atomic E-state index is 12.8. The van der Waals surface area contributed by atoms with Gasteiger partial charge >= 0.3 is 0 Å². The van der Waals surface area contributed by atoms with Crippen molar-refractivity contribution in [1.82, 2.24) is 10.3 Å². The average molecular weight is 383 g/mol. The Labute approximate surface area is 159 Å². The number of amides is 1. The number of hydrogen-bond acceptors (Lipinski definition) is 5. The molecular formula is C19H15ClN4OS. The molecule has 7 heteroatoms. The average Bonchev–Trinajstić information content (AvgIpc) is 2.66. The lowest BCUT2D eigenvalue weighted by molar-refractivity contribution is -0.116. The molecule has 0 bridgehead atoms. The lowest BCUT2D eigenvalue weighted by Crippen LogP contribution is -2.50. The highest BCUT2D eigenvalue weighted by molar-refractivity contribution is 8.14.